The Balaban J connectivity index is 1.95. The predicted molar refractivity (Wildman–Crippen MR) is 94.4 cm³/mol. The van der Waals surface area contributed by atoms with Crippen LogP contribution in [-0.4, -0.2) is 20.4 Å². The van der Waals surface area contributed by atoms with Gasteiger partial charge in [0.25, 0.3) is 11.6 Å². The fourth-order valence-electron chi connectivity index (χ4n) is 2.35. The van der Waals surface area contributed by atoms with Crippen molar-refractivity contribution < 1.29 is 9.72 Å². The van der Waals surface area contributed by atoms with Gasteiger partial charge in [-0.3, -0.25) is 14.9 Å². The number of benzene rings is 2. The van der Waals surface area contributed by atoms with Crippen molar-refractivity contribution in [2.24, 2.45) is 0 Å². The van der Waals surface area contributed by atoms with Gasteiger partial charge in [0.1, 0.15) is 5.69 Å². The molecule has 0 atom stereocenters. The van der Waals surface area contributed by atoms with Gasteiger partial charge in [-0.25, -0.2) is 4.98 Å². The first-order valence-corrected chi connectivity index (χ1v) is 7.68. The second-order valence-corrected chi connectivity index (χ2v) is 5.78. The molecule has 0 saturated heterocycles. The Morgan fingerprint density at radius 3 is 2.76 bits per heavy atom. The maximum absolute atomic E-state index is 12.5. The molecule has 0 unspecified atom stereocenters. The SMILES string of the molecule is Cc1ccc(Cl)cc1NC(=O)c1ccc(-n2ccnc2)c([N+](=O)[O-])c1. The second kappa shape index (κ2) is 6.74. The Hall–Kier alpha value is -3.19. The molecule has 0 aliphatic carbocycles. The quantitative estimate of drug-likeness (QED) is 0.565. The molecular weight excluding hydrogens is 344 g/mol. The third kappa shape index (κ3) is 3.51. The van der Waals surface area contributed by atoms with Gasteiger partial charge in [-0.05, 0) is 36.8 Å². The van der Waals surface area contributed by atoms with Crippen molar-refractivity contribution in [3.05, 3.63) is 81.4 Å². The van der Waals surface area contributed by atoms with Crippen LogP contribution in [0.4, 0.5) is 11.4 Å². The number of nitro benzene ring substituents is 1. The van der Waals surface area contributed by atoms with Gasteiger partial charge in [-0.2, -0.15) is 0 Å². The van der Waals surface area contributed by atoms with E-state index in [0.717, 1.165) is 5.56 Å². The van der Waals surface area contributed by atoms with Crippen molar-refractivity contribution in [1.82, 2.24) is 9.55 Å². The Kier molecular flexibility index (Phi) is 4.49. The van der Waals surface area contributed by atoms with Gasteiger partial charge in [-0.15, -0.1) is 0 Å². The fourth-order valence-corrected chi connectivity index (χ4v) is 2.53. The molecule has 0 aliphatic rings. The number of imidazole rings is 1. The molecule has 3 rings (SSSR count). The van der Waals surface area contributed by atoms with E-state index < -0.39 is 10.8 Å². The normalized spacial score (nSPS) is 10.5. The molecule has 1 heterocycles. The van der Waals surface area contributed by atoms with E-state index in [-0.39, 0.29) is 11.3 Å². The molecule has 0 aliphatic heterocycles. The van der Waals surface area contributed by atoms with Crippen molar-refractivity contribution in [2.45, 2.75) is 6.92 Å². The van der Waals surface area contributed by atoms with Gasteiger partial charge in [0.05, 0.1) is 11.3 Å². The third-order valence-corrected chi connectivity index (χ3v) is 3.90. The molecule has 1 aromatic heterocycles. The predicted octanol–water partition coefficient (Wildman–Crippen LogP) is 3.99. The minimum atomic E-state index is -0.531. The van der Waals surface area contributed by atoms with Crippen LogP contribution in [0.25, 0.3) is 5.69 Å². The second-order valence-electron chi connectivity index (χ2n) is 5.34. The van der Waals surface area contributed by atoms with Gasteiger partial charge in [0.15, 0.2) is 0 Å². The monoisotopic (exact) mass is 356 g/mol. The topological polar surface area (TPSA) is 90.1 Å². The number of halogens is 1. The van der Waals surface area contributed by atoms with Crippen molar-refractivity contribution in [3.63, 3.8) is 0 Å². The highest BCUT2D eigenvalue weighted by atomic mass is 35.5. The molecule has 0 spiro atoms. The third-order valence-electron chi connectivity index (χ3n) is 3.66. The highest BCUT2D eigenvalue weighted by Crippen LogP contribution is 2.26. The number of aryl methyl sites for hydroxylation is 1. The summed E-state index contributed by atoms with van der Waals surface area (Å²) < 4.78 is 1.51. The fraction of sp³-hybridized carbons (Fsp3) is 0.0588. The summed E-state index contributed by atoms with van der Waals surface area (Å²) >= 11 is 5.94. The average Bonchev–Trinajstić information content (AvgIpc) is 3.12. The molecule has 25 heavy (non-hydrogen) atoms. The lowest BCUT2D eigenvalue weighted by atomic mass is 10.1. The molecule has 7 nitrogen and oxygen atoms in total. The first-order chi connectivity index (χ1) is 12.0. The lowest BCUT2D eigenvalue weighted by molar-refractivity contribution is -0.384. The molecule has 2 aromatic carbocycles. The van der Waals surface area contributed by atoms with Gasteiger partial charge in [-0.1, -0.05) is 17.7 Å². The van der Waals surface area contributed by atoms with E-state index in [1.165, 1.54) is 35.3 Å². The molecule has 8 heteroatoms. The van der Waals surface area contributed by atoms with Crippen molar-refractivity contribution in [3.8, 4) is 5.69 Å². The van der Waals surface area contributed by atoms with Gasteiger partial charge >= 0.3 is 0 Å². The minimum absolute atomic E-state index is 0.176. The van der Waals surface area contributed by atoms with E-state index in [0.29, 0.717) is 16.4 Å². The number of hydrogen-bond donors (Lipinski definition) is 1. The molecule has 0 bridgehead atoms. The molecule has 3 aromatic rings. The summed E-state index contributed by atoms with van der Waals surface area (Å²) in [4.78, 5) is 27.2. The van der Waals surface area contributed by atoms with Crippen molar-refractivity contribution in [1.29, 1.82) is 0 Å². The van der Waals surface area contributed by atoms with Crippen LogP contribution in [0.1, 0.15) is 15.9 Å². The summed E-state index contributed by atoms with van der Waals surface area (Å²) in [6.45, 7) is 1.83. The van der Waals surface area contributed by atoms with E-state index in [1.54, 1.807) is 24.4 Å². The number of nitrogens with zero attached hydrogens (tertiary/aromatic N) is 3. The summed E-state index contributed by atoms with van der Waals surface area (Å²) in [7, 11) is 0. The van der Waals surface area contributed by atoms with E-state index >= 15 is 0 Å². The van der Waals surface area contributed by atoms with Crippen LogP contribution in [0.5, 0.6) is 0 Å². The van der Waals surface area contributed by atoms with E-state index in [2.05, 4.69) is 10.3 Å². The number of carbonyl (C=O) groups excluding carboxylic acids is 1. The van der Waals surface area contributed by atoms with E-state index in [1.807, 2.05) is 6.92 Å². The smallest absolute Gasteiger partial charge is 0.294 e. The van der Waals surface area contributed by atoms with Crippen LogP contribution < -0.4 is 5.32 Å². The zero-order valence-corrected chi connectivity index (χ0v) is 13.9. The highest BCUT2D eigenvalue weighted by molar-refractivity contribution is 6.31. The standard InChI is InChI=1S/C17H13ClN4O3/c1-11-2-4-13(18)9-14(11)20-17(23)12-3-5-15(16(8-12)22(24)25)21-7-6-19-10-21/h2-10H,1H3,(H,20,23). The molecule has 1 N–H and O–H groups in total. The Morgan fingerprint density at radius 2 is 2.08 bits per heavy atom. The largest absolute Gasteiger partial charge is 0.322 e. The zero-order chi connectivity index (χ0) is 18.0. The molecule has 0 saturated carbocycles. The van der Waals surface area contributed by atoms with Crippen LogP contribution in [0.2, 0.25) is 5.02 Å². The number of amides is 1. The summed E-state index contributed by atoms with van der Waals surface area (Å²) in [6.07, 6.45) is 4.57. The van der Waals surface area contributed by atoms with Crippen molar-refractivity contribution >= 4 is 28.9 Å². The Morgan fingerprint density at radius 1 is 1.28 bits per heavy atom. The van der Waals surface area contributed by atoms with Crippen LogP contribution in [0.3, 0.4) is 0 Å². The number of carbonyl (C=O) groups is 1. The average molecular weight is 357 g/mol. The number of aromatic nitrogens is 2. The van der Waals surface area contributed by atoms with Gasteiger partial charge in [0.2, 0.25) is 0 Å². The first-order valence-electron chi connectivity index (χ1n) is 7.30. The number of hydrogen-bond acceptors (Lipinski definition) is 4. The van der Waals surface area contributed by atoms with Crippen LogP contribution in [0.15, 0.2) is 55.1 Å². The Bertz CT molecular complexity index is 955. The maximum atomic E-state index is 12.5. The van der Waals surface area contributed by atoms with E-state index in [9.17, 15) is 14.9 Å². The Labute approximate surface area is 148 Å². The number of nitrogens with one attached hydrogen (secondary N) is 1. The van der Waals surface area contributed by atoms with Crippen LogP contribution >= 0.6 is 11.6 Å². The molecular formula is C17H13ClN4O3. The summed E-state index contributed by atoms with van der Waals surface area (Å²) in [5, 5.41) is 14.6. The maximum Gasteiger partial charge on any atom is 0.294 e. The lowest BCUT2D eigenvalue weighted by Gasteiger charge is -2.10. The van der Waals surface area contributed by atoms with E-state index in [4.69, 9.17) is 11.6 Å². The zero-order valence-electron chi connectivity index (χ0n) is 13.1. The van der Waals surface area contributed by atoms with Gasteiger partial charge in [0, 0.05) is 34.7 Å². The number of rotatable bonds is 4. The highest BCUT2D eigenvalue weighted by Gasteiger charge is 2.19. The molecule has 1 amide bonds. The van der Waals surface area contributed by atoms with Crippen LogP contribution in [0, 0.1) is 17.0 Å². The minimum Gasteiger partial charge on any atom is -0.322 e. The van der Waals surface area contributed by atoms with Crippen molar-refractivity contribution in [2.75, 3.05) is 5.32 Å². The number of nitro groups is 1. The first kappa shape index (κ1) is 16.7. The summed E-state index contributed by atoms with van der Waals surface area (Å²) in [6, 6.07) is 9.41. The summed E-state index contributed by atoms with van der Waals surface area (Å²) in [5.41, 5.74) is 1.71. The van der Waals surface area contributed by atoms with Crippen LogP contribution in [-0.2, 0) is 0 Å². The molecule has 0 radical (unpaired) electrons. The summed E-state index contributed by atoms with van der Waals surface area (Å²) in [5.74, 6) is -0.453. The van der Waals surface area contributed by atoms with Gasteiger partial charge < -0.3 is 9.88 Å². The molecule has 126 valence electrons. The molecule has 0 fully saturated rings. The lowest BCUT2D eigenvalue weighted by Crippen LogP contribution is -2.13. The number of anilines is 1.